The molecular formula is C28H23N3O4. The Hall–Kier alpha value is -4.65. The van der Waals surface area contributed by atoms with Crippen LogP contribution in [0.25, 0.3) is 10.8 Å². The van der Waals surface area contributed by atoms with E-state index in [2.05, 4.69) is 10.5 Å². The van der Waals surface area contributed by atoms with E-state index in [1.165, 1.54) is 11.1 Å². The molecule has 7 heteroatoms. The lowest BCUT2D eigenvalue weighted by molar-refractivity contribution is -0.119. The summed E-state index contributed by atoms with van der Waals surface area (Å²) in [6.45, 7) is 0.299. The van der Waals surface area contributed by atoms with Crippen molar-refractivity contribution in [2.75, 3.05) is 18.6 Å². The van der Waals surface area contributed by atoms with Crippen molar-refractivity contribution in [2.24, 2.45) is 5.10 Å². The topological polar surface area (TPSA) is 80.2 Å². The third-order valence-electron chi connectivity index (χ3n) is 5.78. The van der Waals surface area contributed by atoms with Crippen molar-refractivity contribution in [3.63, 3.8) is 0 Å². The maximum atomic E-state index is 12.8. The van der Waals surface area contributed by atoms with Crippen LogP contribution >= 0.6 is 0 Å². The van der Waals surface area contributed by atoms with Crippen LogP contribution in [0.15, 0.2) is 90.0 Å². The summed E-state index contributed by atoms with van der Waals surface area (Å²) >= 11 is 0. The number of carbonyl (C=O) groups is 2. The van der Waals surface area contributed by atoms with Crippen molar-refractivity contribution in [1.82, 2.24) is 5.43 Å². The van der Waals surface area contributed by atoms with Gasteiger partial charge < -0.3 is 9.47 Å². The number of benzene rings is 4. The van der Waals surface area contributed by atoms with Gasteiger partial charge in [-0.05, 0) is 46.8 Å². The van der Waals surface area contributed by atoms with E-state index in [-0.39, 0.29) is 12.5 Å². The molecule has 0 bridgehead atoms. The molecule has 0 unspecified atom stereocenters. The van der Waals surface area contributed by atoms with E-state index in [9.17, 15) is 9.59 Å². The first-order valence-corrected chi connectivity index (χ1v) is 11.1. The molecule has 174 valence electrons. The predicted octanol–water partition coefficient (Wildman–Crippen LogP) is 4.54. The maximum Gasteiger partial charge on any atom is 0.260 e. The quantitative estimate of drug-likeness (QED) is 0.306. The number of ether oxygens (including phenoxy) is 2. The molecule has 1 aliphatic heterocycles. The first kappa shape index (κ1) is 22.2. The van der Waals surface area contributed by atoms with E-state index < -0.39 is 5.91 Å². The van der Waals surface area contributed by atoms with Crippen LogP contribution in [0.3, 0.4) is 0 Å². The van der Waals surface area contributed by atoms with Crippen molar-refractivity contribution in [3.05, 3.63) is 102 Å². The van der Waals surface area contributed by atoms with Crippen LogP contribution < -0.4 is 19.8 Å². The van der Waals surface area contributed by atoms with Crippen LogP contribution in [0.4, 0.5) is 5.69 Å². The van der Waals surface area contributed by atoms with Gasteiger partial charge in [0.1, 0.15) is 13.2 Å². The molecule has 4 aromatic carbocycles. The van der Waals surface area contributed by atoms with E-state index in [1.54, 1.807) is 25.3 Å². The standard InChI is InChI=1S/C28H23N3O4/c1-34-25-15-20(13-14-24(25)35-18-19-7-3-2-4-8-19)16-29-30-26(32)17-31-23-12-6-10-21-9-5-11-22(27(21)23)28(31)33/h2-16H,17-18H2,1H3,(H,30,32)/b29-16+. The highest BCUT2D eigenvalue weighted by atomic mass is 16.5. The smallest absolute Gasteiger partial charge is 0.260 e. The lowest BCUT2D eigenvalue weighted by atomic mass is 10.1. The number of rotatable bonds is 8. The Labute approximate surface area is 202 Å². The van der Waals surface area contributed by atoms with E-state index in [0.717, 1.165) is 27.6 Å². The lowest BCUT2D eigenvalue weighted by Gasteiger charge is -2.16. The highest BCUT2D eigenvalue weighted by molar-refractivity contribution is 6.26. The second-order valence-electron chi connectivity index (χ2n) is 8.05. The van der Waals surface area contributed by atoms with Crippen LogP contribution in [0.2, 0.25) is 0 Å². The van der Waals surface area contributed by atoms with Gasteiger partial charge >= 0.3 is 0 Å². The Balaban J connectivity index is 1.21. The van der Waals surface area contributed by atoms with E-state index >= 15 is 0 Å². The molecule has 0 aliphatic carbocycles. The molecule has 0 radical (unpaired) electrons. The molecule has 7 nitrogen and oxygen atoms in total. The summed E-state index contributed by atoms with van der Waals surface area (Å²) in [6, 6.07) is 26.5. The number of hydrazone groups is 1. The van der Waals surface area contributed by atoms with Gasteiger partial charge in [-0.3, -0.25) is 14.5 Å². The zero-order valence-corrected chi connectivity index (χ0v) is 19.1. The molecular weight excluding hydrogens is 442 g/mol. The summed E-state index contributed by atoms with van der Waals surface area (Å²) in [5, 5.41) is 5.89. The molecule has 0 fully saturated rings. The number of hydrogen-bond donors (Lipinski definition) is 1. The van der Waals surface area contributed by atoms with Gasteiger partial charge in [0.2, 0.25) is 0 Å². The number of hydrogen-bond acceptors (Lipinski definition) is 5. The minimum Gasteiger partial charge on any atom is -0.493 e. The Morgan fingerprint density at radius 2 is 1.77 bits per heavy atom. The van der Waals surface area contributed by atoms with Gasteiger partial charge in [-0.1, -0.05) is 54.6 Å². The molecule has 0 saturated heterocycles. The van der Waals surface area contributed by atoms with E-state index in [1.807, 2.05) is 66.7 Å². The second kappa shape index (κ2) is 9.69. The Morgan fingerprint density at radius 3 is 2.57 bits per heavy atom. The lowest BCUT2D eigenvalue weighted by Crippen LogP contribution is -2.37. The van der Waals surface area contributed by atoms with Gasteiger partial charge in [0, 0.05) is 10.9 Å². The maximum absolute atomic E-state index is 12.8. The largest absolute Gasteiger partial charge is 0.493 e. The first-order valence-electron chi connectivity index (χ1n) is 11.1. The average molecular weight is 466 g/mol. The summed E-state index contributed by atoms with van der Waals surface area (Å²) in [6.07, 6.45) is 1.52. The van der Waals surface area contributed by atoms with Crippen LogP contribution in [0, 0.1) is 0 Å². The monoisotopic (exact) mass is 465 g/mol. The summed E-state index contributed by atoms with van der Waals surface area (Å²) < 4.78 is 11.3. The summed E-state index contributed by atoms with van der Waals surface area (Å²) in [5.41, 5.74) is 5.62. The minimum absolute atomic E-state index is 0.125. The van der Waals surface area contributed by atoms with E-state index in [4.69, 9.17) is 9.47 Å². The molecule has 0 saturated carbocycles. The SMILES string of the molecule is COc1cc(/C=N/NC(=O)CN2C(=O)c3cccc4cccc2c34)ccc1OCc1ccccc1. The molecule has 1 N–H and O–H groups in total. The summed E-state index contributed by atoms with van der Waals surface area (Å²) in [4.78, 5) is 26.9. The number of amides is 2. The summed E-state index contributed by atoms with van der Waals surface area (Å²) in [7, 11) is 1.57. The number of carbonyl (C=O) groups excluding carboxylic acids is 2. The molecule has 0 aromatic heterocycles. The zero-order chi connectivity index (χ0) is 24.2. The molecule has 1 heterocycles. The van der Waals surface area contributed by atoms with Crippen LogP contribution in [-0.2, 0) is 11.4 Å². The van der Waals surface area contributed by atoms with Gasteiger partial charge in [0.15, 0.2) is 11.5 Å². The van der Waals surface area contributed by atoms with Crippen molar-refractivity contribution >= 4 is 34.5 Å². The van der Waals surface area contributed by atoms with Gasteiger partial charge in [-0.2, -0.15) is 5.10 Å². The van der Waals surface area contributed by atoms with Gasteiger partial charge in [-0.25, -0.2) is 5.43 Å². The van der Waals surface area contributed by atoms with Crippen molar-refractivity contribution in [1.29, 1.82) is 0 Å². The number of nitrogens with one attached hydrogen (secondary N) is 1. The van der Waals surface area contributed by atoms with E-state index in [0.29, 0.717) is 23.7 Å². The van der Waals surface area contributed by atoms with Gasteiger partial charge in [0.05, 0.1) is 19.0 Å². The Morgan fingerprint density at radius 1 is 0.971 bits per heavy atom. The summed E-state index contributed by atoms with van der Waals surface area (Å²) in [5.74, 6) is 0.588. The van der Waals surface area contributed by atoms with Crippen LogP contribution in [0.1, 0.15) is 21.5 Å². The molecule has 0 atom stereocenters. The average Bonchev–Trinajstić information content (AvgIpc) is 3.16. The fourth-order valence-electron chi connectivity index (χ4n) is 4.11. The minimum atomic E-state index is -0.394. The highest BCUT2D eigenvalue weighted by Crippen LogP contribution is 2.36. The fraction of sp³-hybridized carbons (Fsp3) is 0.107. The van der Waals surface area contributed by atoms with Gasteiger partial charge in [-0.15, -0.1) is 0 Å². The number of nitrogens with zero attached hydrogens (tertiary/aromatic N) is 2. The number of anilines is 1. The molecule has 35 heavy (non-hydrogen) atoms. The molecule has 4 aromatic rings. The molecule has 5 rings (SSSR count). The van der Waals surface area contributed by atoms with Crippen LogP contribution in [-0.4, -0.2) is 31.7 Å². The third-order valence-corrected chi connectivity index (χ3v) is 5.78. The highest BCUT2D eigenvalue weighted by Gasteiger charge is 2.30. The third kappa shape index (κ3) is 4.56. The number of methoxy groups -OCH3 is 1. The first-order chi connectivity index (χ1) is 17.1. The molecule has 0 spiro atoms. The Bertz CT molecular complexity index is 1430. The molecule has 1 aliphatic rings. The normalized spacial score (nSPS) is 12.4. The zero-order valence-electron chi connectivity index (χ0n) is 19.1. The second-order valence-corrected chi connectivity index (χ2v) is 8.05. The van der Waals surface area contributed by atoms with Crippen LogP contribution in [0.5, 0.6) is 11.5 Å². The van der Waals surface area contributed by atoms with Crippen molar-refractivity contribution in [3.8, 4) is 11.5 Å². The fourth-order valence-corrected chi connectivity index (χ4v) is 4.11. The van der Waals surface area contributed by atoms with Crippen molar-refractivity contribution < 1.29 is 19.1 Å². The Kier molecular flexibility index (Phi) is 6.13. The molecule has 2 amide bonds. The van der Waals surface area contributed by atoms with Gasteiger partial charge in [0.25, 0.3) is 11.8 Å². The predicted molar refractivity (Wildman–Crippen MR) is 135 cm³/mol. The van der Waals surface area contributed by atoms with Crippen molar-refractivity contribution in [2.45, 2.75) is 6.61 Å².